The van der Waals surface area contributed by atoms with Crippen molar-refractivity contribution < 1.29 is 23.1 Å². The van der Waals surface area contributed by atoms with Crippen molar-refractivity contribution in [1.82, 2.24) is 0 Å². The van der Waals surface area contributed by atoms with Crippen molar-refractivity contribution in [2.45, 2.75) is 19.5 Å². The fraction of sp³-hybridized carbons (Fsp3) is 0.214. The minimum Gasteiger partial charge on any atom is -0.477 e. The standard InChI is InChI=1S/C14H12F3NO2S/c1-2-7-10(18)12(13(19)20)21-11(7)8-5-3-4-6-9(8)14(15,16)17/h3-6H,2,18H2,1H3,(H,19,20). The summed E-state index contributed by atoms with van der Waals surface area (Å²) in [6.07, 6.45) is -4.15. The SMILES string of the molecule is CCc1c(-c2ccccc2C(F)(F)F)sc(C(=O)O)c1N. The number of alkyl halides is 3. The molecule has 1 aromatic carbocycles. The van der Waals surface area contributed by atoms with Crippen LogP contribution in [-0.4, -0.2) is 11.1 Å². The summed E-state index contributed by atoms with van der Waals surface area (Å²) in [5.41, 5.74) is 5.41. The number of nitrogens with two attached hydrogens (primary N) is 1. The molecule has 0 fully saturated rings. The highest BCUT2D eigenvalue weighted by Gasteiger charge is 2.34. The van der Waals surface area contributed by atoms with Gasteiger partial charge in [0.05, 0.1) is 11.3 Å². The second-order valence-corrected chi connectivity index (χ2v) is 5.38. The first-order valence-corrected chi connectivity index (χ1v) is 6.90. The molecule has 7 heteroatoms. The quantitative estimate of drug-likeness (QED) is 0.888. The highest BCUT2D eigenvalue weighted by atomic mass is 32.1. The largest absolute Gasteiger partial charge is 0.477 e. The third-order valence-electron chi connectivity index (χ3n) is 3.07. The summed E-state index contributed by atoms with van der Waals surface area (Å²) >= 11 is 0.778. The summed E-state index contributed by atoms with van der Waals surface area (Å²) in [6, 6.07) is 5.09. The number of carbonyl (C=O) groups is 1. The molecule has 0 aliphatic rings. The molecule has 0 saturated carbocycles. The van der Waals surface area contributed by atoms with Crippen LogP contribution in [0.3, 0.4) is 0 Å². The van der Waals surface area contributed by atoms with Crippen molar-refractivity contribution in [1.29, 1.82) is 0 Å². The number of nitrogen functional groups attached to an aromatic ring is 1. The Kier molecular flexibility index (Phi) is 3.95. The molecular formula is C14H12F3NO2S. The minimum absolute atomic E-state index is 0.0361. The second-order valence-electron chi connectivity index (χ2n) is 4.35. The van der Waals surface area contributed by atoms with Gasteiger partial charge < -0.3 is 10.8 Å². The summed E-state index contributed by atoms with van der Waals surface area (Å²) in [4.78, 5) is 11.3. The molecule has 2 aromatic rings. The van der Waals surface area contributed by atoms with Crippen molar-refractivity contribution in [3.8, 4) is 10.4 Å². The van der Waals surface area contributed by atoms with Crippen molar-refractivity contribution in [3.05, 3.63) is 40.3 Å². The summed E-state index contributed by atoms with van der Waals surface area (Å²) in [7, 11) is 0. The van der Waals surface area contributed by atoms with E-state index in [1.54, 1.807) is 6.92 Å². The van der Waals surface area contributed by atoms with Crippen molar-refractivity contribution >= 4 is 23.0 Å². The van der Waals surface area contributed by atoms with E-state index in [4.69, 9.17) is 10.8 Å². The molecule has 0 radical (unpaired) electrons. The molecule has 1 aromatic heterocycles. The first kappa shape index (κ1) is 15.4. The van der Waals surface area contributed by atoms with Crippen molar-refractivity contribution in [2.24, 2.45) is 0 Å². The number of halogens is 3. The highest BCUT2D eigenvalue weighted by Crippen LogP contribution is 2.44. The molecule has 2 rings (SSSR count). The van der Waals surface area contributed by atoms with Gasteiger partial charge in [0, 0.05) is 10.4 Å². The predicted octanol–water partition coefficient (Wildman–Crippen LogP) is 4.28. The van der Waals surface area contributed by atoms with E-state index in [9.17, 15) is 18.0 Å². The molecule has 0 aliphatic heterocycles. The van der Waals surface area contributed by atoms with Gasteiger partial charge >= 0.3 is 12.1 Å². The number of benzene rings is 1. The Hall–Kier alpha value is -2.02. The lowest BCUT2D eigenvalue weighted by atomic mass is 10.0. The van der Waals surface area contributed by atoms with Crippen molar-refractivity contribution in [3.63, 3.8) is 0 Å². The molecule has 3 nitrogen and oxygen atoms in total. The van der Waals surface area contributed by atoms with E-state index < -0.39 is 17.7 Å². The molecule has 21 heavy (non-hydrogen) atoms. The van der Waals surface area contributed by atoms with Crippen LogP contribution in [-0.2, 0) is 12.6 Å². The number of hydrogen-bond donors (Lipinski definition) is 2. The lowest BCUT2D eigenvalue weighted by molar-refractivity contribution is -0.137. The van der Waals surface area contributed by atoms with Gasteiger partial charge in [-0.2, -0.15) is 13.2 Å². The molecule has 0 atom stereocenters. The molecule has 3 N–H and O–H groups in total. The topological polar surface area (TPSA) is 63.3 Å². The van der Waals surface area contributed by atoms with E-state index in [2.05, 4.69) is 0 Å². The van der Waals surface area contributed by atoms with Crippen LogP contribution in [0.15, 0.2) is 24.3 Å². The van der Waals surface area contributed by atoms with Gasteiger partial charge in [0.25, 0.3) is 0 Å². The van der Waals surface area contributed by atoms with E-state index in [-0.39, 0.29) is 21.0 Å². The number of carboxylic acid groups (broad SMARTS) is 1. The van der Waals surface area contributed by atoms with Crippen LogP contribution in [0.1, 0.15) is 27.7 Å². The maximum atomic E-state index is 13.1. The van der Waals surface area contributed by atoms with E-state index >= 15 is 0 Å². The van der Waals surface area contributed by atoms with Gasteiger partial charge in [-0.3, -0.25) is 0 Å². The predicted molar refractivity (Wildman–Crippen MR) is 75.5 cm³/mol. The Morgan fingerprint density at radius 1 is 1.33 bits per heavy atom. The van der Waals surface area contributed by atoms with Gasteiger partial charge in [0.1, 0.15) is 4.88 Å². The van der Waals surface area contributed by atoms with E-state index in [0.29, 0.717) is 12.0 Å². The Morgan fingerprint density at radius 2 is 1.95 bits per heavy atom. The van der Waals surface area contributed by atoms with Crippen LogP contribution in [0.4, 0.5) is 18.9 Å². The maximum absolute atomic E-state index is 13.1. The third-order valence-corrected chi connectivity index (χ3v) is 4.34. The normalized spacial score (nSPS) is 11.6. The third kappa shape index (κ3) is 2.73. The van der Waals surface area contributed by atoms with E-state index in [1.807, 2.05) is 0 Å². The molecule has 112 valence electrons. The summed E-state index contributed by atoms with van der Waals surface area (Å²) in [5.74, 6) is -1.23. The lowest BCUT2D eigenvalue weighted by Gasteiger charge is -2.12. The fourth-order valence-corrected chi connectivity index (χ4v) is 3.32. The molecule has 0 saturated heterocycles. The molecule has 1 heterocycles. The maximum Gasteiger partial charge on any atom is 0.417 e. The number of anilines is 1. The van der Waals surface area contributed by atoms with E-state index in [1.165, 1.54) is 18.2 Å². The average Bonchev–Trinajstić information content (AvgIpc) is 2.74. The van der Waals surface area contributed by atoms with Gasteiger partial charge in [-0.05, 0) is 18.1 Å². The fourth-order valence-electron chi connectivity index (χ4n) is 2.13. The first-order valence-electron chi connectivity index (χ1n) is 6.08. The summed E-state index contributed by atoms with van der Waals surface area (Å²) in [5, 5.41) is 9.08. The van der Waals surface area contributed by atoms with Crippen LogP contribution >= 0.6 is 11.3 Å². The Labute approximate surface area is 122 Å². The van der Waals surface area contributed by atoms with Gasteiger partial charge in [-0.25, -0.2) is 4.79 Å². The average molecular weight is 315 g/mol. The Morgan fingerprint density at radius 3 is 2.48 bits per heavy atom. The molecule has 0 unspecified atom stereocenters. The number of carboxylic acids is 1. The molecule has 0 bridgehead atoms. The number of rotatable bonds is 3. The van der Waals surface area contributed by atoms with Crippen LogP contribution in [0, 0.1) is 0 Å². The minimum atomic E-state index is -4.51. The van der Waals surface area contributed by atoms with Gasteiger partial charge in [-0.1, -0.05) is 25.1 Å². The molecular weight excluding hydrogens is 303 g/mol. The monoisotopic (exact) mass is 315 g/mol. The van der Waals surface area contributed by atoms with Gasteiger partial charge in [0.15, 0.2) is 0 Å². The van der Waals surface area contributed by atoms with Crippen LogP contribution in [0.2, 0.25) is 0 Å². The molecule has 0 aliphatic carbocycles. The molecule has 0 spiro atoms. The summed E-state index contributed by atoms with van der Waals surface area (Å²) in [6.45, 7) is 1.73. The van der Waals surface area contributed by atoms with Crippen molar-refractivity contribution in [2.75, 3.05) is 5.73 Å². The smallest absolute Gasteiger partial charge is 0.417 e. The number of thiophene rings is 1. The molecule has 0 amide bonds. The second kappa shape index (κ2) is 5.40. The van der Waals surface area contributed by atoms with Crippen LogP contribution in [0.25, 0.3) is 10.4 Å². The Bertz CT molecular complexity index is 692. The number of hydrogen-bond acceptors (Lipinski definition) is 3. The Balaban J connectivity index is 2.74. The van der Waals surface area contributed by atoms with Crippen LogP contribution < -0.4 is 5.73 Å². The van der Waals surface area contributed by atoms with Crippen LogP contribution in [0.5, 0.6) is 0 Å². The highest BCUT2D eigenvalue weighted by molar-refractivity contribution is 7.18. The van der Waals surface area contributed by atoms with Gasteiger partial charge in [-0.15, -0.1) is 11.3 Å². The zero-order valence-electron chi connectivity index (χ0n) is 11.0. The van der Waals surface area contributed by atoms with E-state index in [0.717, 1.165) is 17.4 Å². The summed E-state index contributed by atoms with van der Waals surface area (Å²) < 4.78 is 39.3. The zero-order chi connectivity index (χ0) is 15.8. The number of aromatic carboxylic acids is 1. The first-order chi connectivity index (χ1) is 9.77. The van der Waals surface area contributed by atoms with Gasteiger partial charge in [0.2, 0.25) is 0 Å². The zero-order valence-corrected chi connectivity index (χ0v) is 11.8. The lowest BCUT2D eigenvalue weighted by Crippen LogP contribution is -2.07.